The minimum atomic E-state index is 0.217. The predicted octanol–water partition coefficient (Wildman–Crippen LogP) is 2.67. The summed E-state index contributed by atoms with van der Waals surface area (Å²) in [5.41, 5.74) is 2.32. The van der Waals surface area contributed by atoms with E-state index in [1.54, 1.807) is 0 Å². The van der Waals surface area contributed by atoms with Crippen molar-refractivity contribution in [3.63, 3.8) is 0 Å². The molecule has 0 heterocycles. The first-order valence-electron chi connectivity index (χ1n) is 6.25. The number of anilines is 1. The summed E-state index contributed by atoms with van der Waals surface area (Å²) in [5.74, 6) is 0.217. The largest absolute Gasteiger partial charge is 0.385 e. The topological polar surface area (TPSA) is 32.3 Å². The number of carbonyl (C=O) groups excluding carboxylic acids is 1. The van der Waals surface area contributed by atoms with Crippen molar-refractivity contribution in [3.8, 4) is 0 Å². The highest BCUT2D eigenvalue weighted by Crippen LogP contribution is 2.08. The van der Waals surface area contributed by atoms with Crippen LogP contribution in [0.4, 0.5) is 5.69 Å². The lowest BCUT2D eigenvalue weighted by molar-refractivity contribution is -0.130. The van der Waals surface area contributed by atoms with E-state index >= 15 is 0 Å². The number of aryl methyl sites for hydroxylation is 1. The first-order valence-corrected chi connectivity index (χ1v) is 6.25. The van der Waals surface area contributed by atoms with Gasteiger partial charge in [0, 0.05) is 31.7 Å². The molecule has 0 spiro atoms. The molecule has 1 rings (SSSR count). The number of benzene rings is 1. The quantitative estimate of drug-likeness (QED) is 0.820. The molecule has 0 radical (unpaired) electrons. The molecule has 0 unspecified atom stereocenters. The van der Waals surface area contributed by atoms with Gasteiger partial charge in [0.05, 0.1) is 0 Å². The van der Waals surface area contributed by atoms with Gasteiger partial charge in [-0.05, 0) is 32.9 Å². The molecule has 0 aromatic heterocycles. The van der Waals surface area contributed by atoms with Gasteiger partial charge in [0.15, 0.2) is 0 Å². The molecule has 0 fully saturated rings. The predicted molar refractivity (Wildman–Crippen MR) is 72.2 cm³/mol. The van der Waals surface area contributed by atoms with Gasteiger partial charge in [0.25, 0.3) is 0 Å². The van der Waals surface area contributed by atoms with E-state index < -0.39 is 0 Å². The second-order valence-electron chi connectivity index (χ2n) is 4.11. The number of carbonyl (C=O) groups is 1. The summed E-state index contributed by atoms with van der Waals surface area (Å²) in [5, 5.41) is 3.26. The molecule has 0 aliphatic rings. The van der Waals surface area contributed by atoms with Crippen molar-refractivity contribution in [1.82, 2.24) is 4.90 Å². The summed E-state index contributed by atoms with van der Waals surface area (Å²) in [6.07, 6.45) is 0.551. The fourth-order valence-electron chi connectivity index (χ4n) is 1.72. The second kappa shape index (κ2) is 6.94. The van der Waals surface area contributed by atoms with Crippen LogP contribution in [0.1, 0.15) is 25.8 Å². The highest BCUT2D eigenvalue weighted by atomic mass is 16.2. The molecule has 0 saturated heterocycles. The molecule has 0 aliphatic carbocycles. The van der Waals surface area contributed by atoms with Crippen LogP contribution in [-0.4, -0.2) is 30.4 Å². The summed E-state index contributed by atoms with van der Waals surface area (Å²) in [6, 6.07) is 8.21. The molecule has 0 saturated carbocycles. The van der Waals surface area contributed by atoms with Crippen molar-refractivity contribution >= 4 is 11.6 Å². The van der Waals surface area contributed by atoms with E-state index in [4.69, 9.17) is 0 Å². The zero-order valence-corrected chi connectivity index (χ0v) is 11.0. The summed E-state index contributed by atoms with van der Waals surface area (Å²) in [6.45, 7) is 8.36. The maximum atomic E-state index is 11.7. The molecule has 0 bridgehead atoms. The van der Waals surface area contributed by atoms with Crippen molar-refractivity contribution in [2.75, 3.05) is 25.0 Å². The van der Waals surface area contributed by atoms with Crippen LogP contribution in [0.3, 0.4) is 0 Å². The monoisotopic (exact) mass is 234 g/mol. The van der Waals surface area contributed by atoms with Crippen LogP contribution in [0.25, 0.3) is 0 Å². The molecule has 1 aromatic rings. The van der Waals surface area contributed by atoms with Gasteiger partial charge in [-0.2, -0.15) is 0 Å². The van der Waals surface area contributed by atoms with Crippen LogP contribution in [0.15, 0.2) is 24.3 Å². The highest BCUT2D eigenvalue weighted by molar-refractivity contribution is 5.76. The molecular formula is C14H22N2O. The van der Waals surface area contributed by atoms with Gasteiger partial charge >= 0.3 is 0 Å². The van der Waals surface area contributed by atoms with E-state index in [0.29, 0.717) is 13.0 Å². The van der Waals surface area contributed by atoms with Crippen LogP contribution in [0.2, 0.25) is 0 Å². The first kappa shape index (κ1) is 13.6. The average Bonchev–Trinajstić information content (AvgIpc) is 2.33. The van der Waals surface area contributed by atoms with Gasteiger partial charge in [0.1, 0.15) is 0 Å². The van der Waals surface area contributed by atoms with E-state index in [2.05, 4.69) is 24.4 Å². The fourth-order valence-corrected chi connectivity index (χ4v) is 1.72. The van der Waals surface area contributed by atoms with Gasteiger partial charge < -0.3 is 10.2 Å². The Hall–Kier alpha value is -1.51. The zero-order chi connectivity index (χ0) is 12.7. The van der Waals surface area contributed by atoms with Gasteiger partial charge in [-0.1, -0.05) is 17.7 Å². The van der Waals surface area contributed by atoms with Crippen molar-refractivity contribution in [3.05, 3.63) is 29.8 Å². The SMILES string of the molecule is CCN(CC)C(=O)CCNc1ccc(C)cc1. The second-order valence-corrected chi connectivity index (χ2v) is 4.11. The van der Waals surface area contributed by atoms with Crippen LogP contribution >= 0.6 is 0 Å². The third-order valence-corrected chi connectivity index (χ3v) is 2.84. The van der Waals surface area contributed by atoms with E-state index in [0.717, 1.165) is 18.8 Å². The van der Waals surface area contributed by atoms with Crippen LogP contribution in [0.5, 0.6) is 0 Å². The molecule has 3 heteroatoms. The van der Waals surface area contributed by atoms with Crippen molar-refractivity contribution < 1.29 is 4.79 Å². The third-order valence-electron chi connectivity index (χ3n) is 2.84. The highest BCUT2D eigenvalue weighted by Gasteiger charge is 2.08. The van der Waals surface area contributed by atoms with Crippen molar-refractivity contribution in [1.29, 1.82) is 0 Å². The normalized spacial score (nSPS) is 10.1. The lowest BCUT2D eigenvalue weighted by atomic mass is 10.2. The molecule has 1 amide bonds. The number of hydrogen-bond acceptors (Lipinski definition) is 2. The lowest BCUT2D eigenvalue weighted by Gasteiger charge is -2.18. The molecule has 94 valence electrons. The first-order chi connectivity index (χ1) is 8.17. The Morgan fingerprint density at radius 2 is 1.76 bits per heavy atom. The summed E-state index contributed by atoms with van der Waals surface area (Å²) >= 11 is 0. The summed E-state index contributed by atoms with van der Waals surface area (Å²) < 4.78 is 0. The minimum Gasteiger partial charge on any atom is -0.385 e. The zero-order valence-electron chi connectivity index (χ0n) is 11.0. The molecular weight excluding hydrogens is 212 g/mol. The maximum Gasteiger partial charge on any atom is 0.224 e. The minimum absolute atomic E-state index is 0.217. The van der Waals surface area contributed by atoms with E-state index in [-0.39, 0.29) is 5.91 Å². The van der Waals surface area contributed by atoms with Crippen LogP contribution in [-0.2, 0) is 4.79 Å². The fraction of sp³-hybridized carbons (Fsp3) is 0.500. The molecule has 0 aliphatic heterocycles. The number of nitrogens with zero attached hydrogens (tertiary/aromatic N) is 1. The molecule has 3 nitrogen and oxygen atoms in total. The Labute approximate surface area is 104 Å². The van der Waals surface area contributed by atoms with E-state index in [1.807, 2.05) is 30.9 Å². The van der Waals surface area contributed by atoms with Gasteiger partial charge in [-0.3, -0.25) is 4.79 Å². The Kier molecular flexibility index (Phi) is 5.53. The third kappa shape index (κ3) is 4.47. The van der Waals surface area contributed by atoms with Gasteiger partial charge in [0.2, 0.25) is 5.91 Å². The smallest absolute Gasteiger partial charge is 0.224 e. The molecule has 1 aromatic carbocycles. The number of nitrogens with one attached hydrogen (secondary N) is 1. The maximum absolute atomic E-state index is 11.7. The van der Waals surface area contributed by atoms with Crippen molar-refractivity contribution in [2.24, 2.45) is 0 Å². The molecule has 17 heavy (non-hydrogen) atoms. The Morgan fingerprint density at radius 3 is 2.29 bits per heavy atom. The van der Waals surface area contributed by atoms with Crippen molar-refractivity contribution in [2.45, 2.75) is 27.2 Å². The number of hydrogen-bond donors (Lipinski definition) is 1. The molecule has 1 N–H and O–H groups in total. The summed E-state index contributed by atoms with van der Waals surface area (Å²) in [4.78, 5) is 13.6. The number of rotatable bonds is 6. The Morgan fingerprint density at radius 1 is 1.18 bits per heavy atom. The van der Waals surface area contributed by atoms with Gasteiger partial charge in [-0.15, -0.1) is 0 Å². The summed E-state index contributed by atoms with van der Waals surface area (Å²) in [7, 11) is 0. The van der Waals surface area contributed by atoms with E-state index in [1.165, 1.54) is 5.56 Å². The van der Waals surface area contributed by atoms with Crippen LogP contribution in [0, 0.1) is 6.92 Å². The Bertz CT molecular complexity index is 342. The van der Waals surface area contributed by atoms with Crippen LogP contribution < -0.4 is 5.32 Å². The Balaban J connectivity index is 2.32. The number of amides is 1. The molecule has 0 atom stereocenters. The van der Waals surface area contributed by atoms with E-state index in [9.17, 15) is 4.79 Å². The van der Waals surface area contributed by atoms with Gasteiger partial charge in [-0.25, -0.2) is 0 Å². The lowest BCUT2D eigenvalue weighted by Crippen LogP contribution is -2.31. The standard InChI is InChI=1S/C14H22N2O/c1-4-16(5-2)14(17)10-11-15-13-8-6-12(3)7-9-13/h6-9,15H,4-5,10-11H2,1-3H3. The average molecular weight is 234 g/mol.